The van der Waals surface area contributed by atoms with Gasteiger partial charge in [-0.1, -0.05) is 19.8 Å². The molecule has 0 aromatic carbocycles. The number of hydrogen-bond acceptors (Lipinski definition) is 8. The fourth-order valence-electron chi connectivity index (χ4n) is 3.22. The number of nitrogens with zero attached hydrogens (tertiary/aromatic N) is 1. The van der Waals surface area contributed by atoms with Gasteiger partial charge in [-0.15, -0.1) is 0 Å². The van der Waals surface area contributed by atoms with Crippen LogP contribution in [0.15, 0.2) is 12.3 Å². The van der Waals surface area contributed by atoms with Gasteiger partial charge in [0.2, 0.25) is 6.79 Å². The van der Waals surface area contributed by atoms with Gasteiger partial charge >= 0.3 is 11.9 Å². The molecule has 29 heavy (non-hydrogen) atoms. The molecule has 3 atom stereocenters. The fraction of sp³-hybridized carbons (Fsp3) is 0.600. The highest BCUT2D eigenvalue weighted by atomic mass is 16.7. The SMILES string of the molecule is COc1ccnc(C(=O)N[C@H]2CCCC(C)CC(C)OC2=O)c1OCOC(C)=O. The van der Waals surface area contributed by atoms with E-state index in [4.69, 9.17) is 18.9 Å². The van der Waals surface area contributed by atoms with Gasteiger partial charge in [-0.05, 0) is 25.7 Å². The van der Waals surface area contributed by atoms with Crippen LogP contribution in [0.5, 0.6) is 11.5 Å². The Kier molecular flexibility index (Phi) is 8.23. The van der Waals surface area contributed by atoms with Crippen LogP contribution in [0.4, 0.5) is 0 Å². The van der Waals surface area contributed by atoms with Crippen molar-refractivity contribution in [1.82, 2.24) is 10.3 Å². The summed E-state index contributed by atoms with van der Waals surface area (Å²) in [5, 5.41) is 2.69. The Morgan fingerprint density at radius 2 is 2.07 bits per heavy atom. The number of hydrogen-bond donors (Lipinski definition) is 1. The van der Waals surface area contributed by atoms with Gasteiger partial charge in [-0.2, -0.15) is 0 Å². The van der Waals surface area contributed by atoms with Crippen LogP contribution in [0.3, 0.4) is 0 Å². The highest BCUT2D eigenvalue weighted by molar-refractivity contribution is 5.98. The van der Waals surface area contributed by atoms with Gasteiger partial charge in [-0.3, -0.25) is 9.59 Å². The molecule has 0 radical (unpaired) electrons. The highest BCUT2D eigenvalue weighted by Crippen LogP contribution is 2.30. The second kappa shape index (κ2) is 10.6. The lowest BCUT2D eigenvalue weighted by Gasteiger charge is -2.20. The van der Waals surface area contributed by atoms with E-state index in [0.717, 1.165) is 19.3 Å². The van der Waals surface area contributed by atoms with Gasteiger partial charge in [0.15, 0.2) is 17.2 Å². The molecule has 0 aliphatic carbocycles. The number of ether oxygens (including phenoxy) is 4. The Morgan fingerprint density at radius 1 is 1.31 bits per heavy atom. The van der Waals surface area contributed by atoms with Crippen molar-refractivity contribution in [3.8, 4) is 11.5 Å². The first-order valence-corrected chi connectivity index (χ1v) is 9.62. The van der Waals surface area contributed by atoms with Gasteiger partial charge in [0.1, 0.15) is 6.04 Å². The maximum Gasteiger partial charge on any atom is 0.328 e. The average molecular weight is 408 g/mol. The zero-order valence-corrected chi connectivity index (χ0v) is 17.2. The van der Waals surface area contributed by atoms with Crippen LogP contribution in [-0.2, 0) is 19.1 Å². The summed E-state index contributed by atoms with van der Waals surface area (Å²) >= 11 is 0. The lowest BCUT2D eigenvalue weighted by Crippen LogP contribution is -2.43. The molecule has 1 aliphatic heterocycles. The Labute approximate surface area is 170 Å². The van der Waals surface area contributed by atoms with Crippen molar-refractivity contribution < 1.29 is 33.3 Å². The largest absolute Gasteiger partial charge is 0.493 e. The number of rotatable bonds is 6. The van der Waals surface area contributed by atoms with Crippen LogP contribution in [0, 0.1) is 5.92 Å². The predicted molar refractivity (Wildman–Crippen MR) is 102 cm³/mol. The van der Waals surface area contributed by atoms with Gasteiger partial charge in [-0.25, -0.2) is 9.78 Å². The molecule has 2 rings (SSSR count). The number of cyclic esters (lactones) is 1. The summed E-state index contributed by atoms with van der Waals surface area (Å²) in [5.74, 6) is -0.901. The molecule has 1 N–H and O–H groups in total. The second-order valence-corrected chi connectivity index (χ2v) is 7.13. The lowest BCUT2D eigenvalue weighted by molar-refractivity contribution is -0.151. The first-order chi connectivity index (χ1) is 13.8. The molecule has 160 valence electrons. The Morgan fingerprint density at radius 3 is 2.76 bits per heavy atom. The van der Waals surface area contributed by atoms with Gasteiger partial charge in [0, 0.05) is 19.2 Å². The third-order valence-corrected chi connectivity index (χ3v) is 4.60. The summed E-state index contributed by atoms with van der Waals surface area (Å²) in [4.78, 5) is 40.4. The zero-order valence-electron chi connectivity index (χ0n) is 17.2. The van der Waals surface area contributed by atoms with Gasteiger partial charge < -0.3 is 24.3 Å². The van der Waals surface area contributed by atoms with E-state index in [9.17, 15) is 14.4 Å². The van der Waals surface area contributed by atoms with Crippen molar-refractivity contribution >= 4 is 17.8 Å². The minimum absolute atomic E-state index is 0.0205. The van der Waals surface area contributed by atoms with E-state index in [1.165, 1.54) is 26.3 Å². The fourth-order valence-corrected chi connectivity index (χ4v) is 3.22. The number of pyridine rings is 1. The molecule has 1 amide bonds. The van der Waals surface area contributed by atoms with Crippen LogP contribution in [0.25, 0.3) is 0 Å². The van der Waals surface area contributed by atoms with E-state index in [2.05, 4.69) is 17.2 Å². The third kappa shape index (κ3) is 6.62. The average Bonchev–Trinajstić information content (AvgIpc) is 2.71. The minimum Gasteiger partial charge on any atom is -0.493 e. The molecule has 1 aromatic heterocycles. The standard InChI is InChI=1S/C20H28N2O7/c1-12-6-5-7-15(20(25)29-13(2)10-12)22-19(24)17-18(28-11-27-14(3)23)16(26-4)8-9-21-17/h8-9,12-13,15H,5-7,10-11H2,1-4H3,(H,22,24)/t12?,13?,15-/m0/s1. The predicted octanol–water partition coefficient (Wildman–Crippen LogP) is 2.23. The molecular formula is C20H28N2O7. The van der Waals surface area contributed by atoms with Gasteiger partial charge in [0.05, 0.1) is 13.2 Å². The van der Waals surface area contributed by atoms with Crippen LogP contribution in [0.2, 0.25) is 0 Å². The molecule has 1 aromatic rings. The normalized spacial score (nSPS) is 22.3. The van der Waals surface area contributed by atoms with Crippen LogP contribution < -0.4 is 14.8 Å². The summed E-state index contributed by atoms with van der Waals surface area (Å²) in [6.07, 6.45) is 4.16. The maximum absolute atomic E-state index is 12.8. The number of carbonyl (C=O) groups is 3. The molecule has 2 unspecified atom stereocenters. The molecular weight excluding hydrogens is 380 g/mol. The number of nitrogens with one attached hydrogen (secondary N) is 1. The van der Waals surface area contributed by atoms with Crippen LogP contribution >= 0.6 is 0 Å². The second-order valence-electron chi connectivity index (χ2n) is 7.13. The summed E-state index contributed by atoms with van der Waals surface area (Å²) in [7, 11) is 1.41. The van der Waals surface area contributed by atoms with E-state index in [-0.39, 0.29) is 23.3 Å². The molecule has 9 nitrogen and oxygen atoms in total. The molecule has 9 heteroatoms. The lowest BCUT2D eigenvalue weighted by atomic mass is 9.97. The maximum atomic E-state index is 12.8. The van der Waals surface area contributed by atoms with Crippen molar-refractivity contribution in [3.05, 3.63) is 18.0 Å². The van der Waals surface area contributed by atoms with Crippen molar-refractivity contribution in [1.29, 1.82) is 0 Å². The van der Waals surface area contributed by atoms with E-state index in [0.29, 0.717) is 12.3 Å². The molecule has 1 saturated heterocycles. The molecule has 1 aliphatic rings. The van der Waals surface area contributed by atoms with Crippen LogP contribution in [-0.4, -0.2) is 48.9 Å². The minimum atomic E-state index is -0.787. The molecule has 0 spiro atoms. The quantitative estimate of drug-likeness (QED) is 0.563. The Hall–Kier alpha value is -2.84. The first kappa shape index (κ1) is 22.4. The summed E-state index contributed by atoms with van der Waals surface area (Å²) < 4.78 is 20.8. The van der Waals surface area contributed by atoms with E-state index in [1.54, 1.807) is 0 Å². The van der Waals surface area contributed by atoms with Gasteiger partial charge in [0.25, 0.3) is 5.91 Å². The van der Waals surface area contributed by atoms with E-state index >= 15 is 0 Å². The molecule has 2 heterocycles. The van der Waals surface area contributed by atoms with Crippen molar-refractivity contribution in [2.75, 3.05) is 13.9 Å². The summed E-state index contributed by atoms with van der Waals surface area (Å²) in [5.41, 5.74) is -0.0782. The molecule has 0 saturated carbocycles. The third-order valence-electron chi connectivity index (χ3n) is 4.60. The zero-order chi connectivity index (χ0) is 21.4. The highest BCUT2D eigenvalue weighted by Gasteiger charge is 2.29. The van der Waals surface area contributed by atoms with E-state index < -0.39 is 30.7 Å². The number of methoxy groups -OCH3 is 1. The number of esters is 2. The number of carbonyl (C=O) groups excluding carboxylic acids is 3. The van der Waals surface area contributed by atoms with Crippen molar-refractivity contribution in [2.45, 2.75) is 58.6 Å². The molecule has 0 bridgehead atoms. The van der Waals surface area contributed by atoms with Crippen molar-refractivity contribution in [3.63, 3.8) is 0 Å². The smallest absolute Gasteiger partial charge is 0.328 e. The van der Waals surface area contributed by atoms with Crippen molar-refractivity contribution in [2.24, 2.45) is 5.92 Å². The number of aromatic nitrogens is 1. The monoisotopic (exact) mass is 408 g/mol. The topological polar surface area (TPSA) is 113 Å². The van der Waals surface area contributed by atoms with Crippen LogP contribution in [0.1, 0.15) is 56.9 Å². The Balaban J connectivity index is 2.17. The van der Waals surface area contributed by atoms with E-state index in [1.807, 2.05) is 6.92 Å². The Bertz CT molecular complexity index is 738. The molecule has 1 fully saturated rings. The number of amides is 1. The summed E-state index contributed by atoms with van der Waals surface area (Å²) in [6, 6.07) is 0.724. The first-order valence-electron chi connectivity index (χ1n) is 9.62. The summed E-state index contributed by atoms with van der Waals surface area (Å²) in [6.45, 7) is 4.81.